The molecule has 0 aliphatic heterocycles. The zero-order valence-corrected chi connectivity index (χ0v) is 18.7. The lowest BCUT2D eigenvalue weighted by Crippen LogP contribution is -2.32. The first kappa shape index (κ1) is 24.0. The van der Waals surface area contributed by atoms with Crippen LogP contribution < -0.4 is 25.5 Å². The molecule has 3 N–H and O–H groups in total. The summed E-state index contributed by atoms with van der Waals surface area (Å²) in [4.78, 5) is 35.8. The largest absolute Gasteiger partial charge is 0.497 e. The van der Waals surface area contributed by atoms with Gasteiger partial charge in [-0.1, -0.05) is 17.7 Å². The van der Waals surface area contributed by atoms with Crippen LogP contribution in [0.1, 0.15) is 11.1 Å². The Labute approximate surface area is 196 Å². The van der Waals surface area contributed by atoms with Gasteiger partial charge in [0.25, 0.3) is 5.91 Å². The molecule has 3 rings (SSSR count). The number of carbonyl (C=O) groups is 3. The zero-order chi connectivity index (χ0) is 24.3. The van der Waals surface area contributed by atoms with E-state index in [4.69, 9.17) is 9.47 Å². The smallest absolute Gasteiger partial charge is 0.329 e. The minimum absolute atomic E-state index is 0.161. The van der Waals surface area contributed by atoms with Crippen molar-refractivity contribution in [3.63, 3.8) is 0 Å². The average Bonchev–Trinajstić information content (AvgIpc) is 2.85. The second kappa shape index (κ2) is 11.8. The van der Waals surface area contributed by atoms with Gasteiger partial charge < -0.3 is 20.1 Å². The highest BCUT2D eigenvalue weighted by Crippen LogP contribution is 2.15. The van der Waals surface area contributed by atoms with Gasteiger partial charge >= 0.3 is 11.8 Å². The van der Waals surface area contributed by atoms with Crippen molar-refractivity contribution in [2.45, 2.75) is 6.92 Å². The second-order valence-electron chi connectivity index (χ2n) is 7.15. The molecule has 0 aliphatic carbocycles. The van der Waals surface area contributed by atoms with Crippen molar-refractivity contribution in [3.8, 4) is 11.5 Å². The van der Waals surface area contributed by atoms with Crippen LogP contribution >= 0.6 is 0 Å². The van der Waals surface area contributed by atoms with Crippen molar-refractivity contribution in [3.05, 3.63) is 83.9 Å². The van der Waals surface area contributed by atoms with E-state index in [-0.39, 0.29) is 12.5 Å². The molecule has 0 heterocycles. The topological polar surface area (TPSA) is 118 Å². The highest BCUT2D eigenvalue weighted by atomic mass is 16.5. The number of carbonyl (C=O) groups excluding carboxylic acids is 3. The maximum Gasteiger partial charge on any atom is 0.329 e. The molecule has 3 aromatic carbocycles. The SMILES string of the molecule is COc1ccc(NC(=O)COc2ccc(/C=N\NC(=O)C(=O)Nc3ccc(C)cc3)cc2)cc1. The summed E-state index contributed by atoms with van der Waals surface area (Å²) in [7, 11) is 1.57. The monoisotopic (exact) mass is 460 g/mol. The van der Waals surface area contributed by atoms with Crippen LogP contribution in [0.3, 0.4) is 0 Å². The number of nitrogens with zero attached hydrogens (tertiary/aromatic N) is 1. The van der Waals surface area contributed by atoms with Crippen LogP contribution in [0.4, 0.5) is 11.4 Å². The molecular weight excluding hydrogens is 436 g/mol. The van der Waals surface area contributed by atoms with Crippen molar-refractivity contribution in [1.29, 1.82) is 0 Å². The molecule has 9 nitrogen and oxygen atoms in total. The number of amides is 3. The first-order valence-electron chi connectivity index (χ1n) is 10.3. The Bertz CT molecular complexity index is 1160. The van der Waals surface area contributed by atoms with E-state index in [1.165, 1.54) is 6.21 Å². The fourth-order valence-electron chi connectivity index (χ4n) is 2.71. The Morgan fingerprint density at radius 2 is 1.38 bits per heavy atom. The molecule has 3 amide bonds. The van der Waals surface area contributed by atoms with Gasteiger partial charge in [0.2, 0.25) is 0 Å². The van der Waals surface area contributed by atoms with Crippen LogP contribution in [0.5, 0.6) is 11.5 Å². The van der Waals surface area contributed by atoms with Gasteiger partial charge in [0.05, 0.1) is 13.3 Å². The molecular formula is C25H24N4O5. The average molecular weight is 460 g/mol. The molecule has 0 unspecified atom stereocenters. The van der Waals surface area contributed by atoms with Gasteiger partial charge in [-0.3, -0.25) is 14.4 Å². The first-order chi connectivity index (χ1) is 16.4. The summed E-state index contributed by atoms with van der Waals surface area (Å²) < 4.78 is 10.5. The number of hydrazone groups is 1. The maximum atomic E-state index is 12.0. The number of rotatable bonds is 8. The van der Waals surface area contributed by atoms with E-state index in [1.807, 2.05) is 19.1 Å². The second-order valence-corrected chi connectivity index (χ2v) is 7.15. The van der Waals surface area contributed by atoms with Crippen LogP contribution in [0, 0.1) is 6.92 Å². The lowest BCUT2D eigenvalue weighted by Gasteiger charge is -2.08. The van der Waals surface area contributed by atoms with E-state index in [1.54, 1.807) is 67.8 Å². The predicted octanol–water partition coefficient (Wildman–Crippen LogP) is 3.11. The number of methoxy groups -OCH3 is 1. The quantitative estimate of drug-likeness (QED) is 0.271. The number of nitrogens with one attached hydrogen (secondary N) is 3. The number of ether oxygens (including phenoxy) is 2. The maximum absolute atomic E-state index is 12.0. The van der Waals surface area contributed by atoms with Crippen LogP contribution in [-0.2, 0) is 14.4 Å². The van der Waals surface area contributed by atoms with Gasteiger partial charge in [-0.2, -0.15) is 5.10 Å². The van der Waals surface area contributed by atoms with Gasteiger partial charge in [0.15, 0.2) is 6.61 Å². The van der Waals surface area contributed by atoms with Gasteiger partial charge in [-0.15, -0.1) is 0 Å². The summed E-state index contributed by atoms with van der Waals surface area (Å²) in [5.74, 6) is -0.828. The lowest BCUT2D eigenvalue weighted by atomic mass is 10.2. The van der Waals surface area contributed by atoms with Crippen molar-refractivity contribution in [2.75, 3.05) is 24.4 Å². The van der Waals surface area contributed by atoms with Crippen LogP contribution in [0.2, 0.25) is 0 Å². The van der Waals surface area contributed by atoms with E-state index in [9.17, 15) is 14.4 Å². The fraction of sp³-hybridized carbons (Fsp3) is 0.120. The highest BCUT2D eigenvalue weighted by Gasteiger charge is 2.12. The molecule has 0 saturated heterocycles. The summed E-state index contributed by atoms with van der Waals surface area (Å²) in [5, 5.41) is 9.00. The van der Waals surface area contributed by atoms with E-state index in [0.717, 1.165) is 5.56 Å². The van der Waals surface area contributed by atoms with Gasteiger partial charge in [0.1, 0.15) is 11.5 Å². The van der Waals surface area contributed by atoms with E-state index in [2.05, 4.69) is 21.2 Å². The zero-order valence-electron chi connectivity index (χ0n) is 18.7. The van der Waals surface area contributed by atoms with Crippen molar-refractivity contribution in [1.82, 2.24) is 5.43 Å². The van der Waals surface area contributed by atoms with Crippen molar-refractivity contribution in [2.24, 2.45) is 5.10 Å². The van der Waals surface area contributed by atoms with Crippen molar-refractivity contribution < 1.29 is 23.9 Å². The Balaban J connectivity index is 1.41. The molecule has 0 radical (unpaired) electrons. The minimum Gasteiger partial charge on any atom is -0.497 e. The van der Waals surface area contributed by atoms with Crippen LogP contribution in [0.25, 0.3) is 0 Å². The summed E-state index contributed by atoms with van der Waals surface area (Å²) in [5.41, 5.74) is 5.03. The molecule has 3 aromatic rings. The molecule has 174 valence electrons. The highest BCUT2D eigenvalue weighted by molar-refractivity contribution is 6.39. The third-order valence-electron chi connectivity index (χ3n) is 4.52. The van der Waals surface area contributed by atoms with Crippen LogP contribution in [0.15, 0.2) is 77.9 Å². The minimum atomic E-state index is -0.889. The molecule has 0 aliphatic rings. The summed E-state index contributed by atoms with van der Waals surface area (Å²) in [6.45, 7) is 1.76. The number of aryl methyl sites for hydroxylation is 1. The van der Waals surface area contributed by atoms with Gasteiger partial charge in [-0.05, 0) is 73.2 Å². The van der Waals surface area contributed by atoms with E-state index < -0.39 is 11.8 Å². The number of hydrogen-bond acceptors (Lipinski definition) is 6. The summed E-state index contributed by atoms with van der Waals surface area (Å²) in [6.07, 6.45) is 1.39. The predicted molar refractivity (Wildman–Crippen MR) is 129 cm³/mol. The summed E-state index contributed by atoms with van der Waals surface area (Å²) >= 11 is 0. The lowest BCUT2D eigenvalue weighted by molar-refractivity contribution is -0.136. The Morgan fingerprint density at radius 1 is 0.794 bits per heavy atom. The fourth-order valence-corrected chi connectivity index (χ4v) is 2.71. The molecule has 34 heavy (non-hydrogen) atoms. The third-order valence-corrected chi connectivity index (χ3v) is 4.52. The Morgan fingerprint density at radius 3 is 2.03 bits per heavy atom. The Kier molecular flexibility index (Phi) is 8.34. The molecule has 0 spiro atoms. The number of anilines is 2. The van der Waals surface area contributed by atoms with E-state index in [0.29, 0.717) is 28.4 Å². The van der Waals surface area contributed by atoms with E-state index >= 15 is 0 Å². The molecule has 0 atom stereocenters. The number of benzene rings is 3. The van der Waals surface area contributed by atoms with Gasteiger partial charge in [-0.25, -0.2) is 5.43 Å². The van der Waals surface area contributed by atoms with Gasteiger partial charge in [0, 0.05) is 11.4 Å². The van der Waals surface area contributed by atoms with Crippen molar-refractivity contribution >= 4 is 35.3 Å². The molecule has 0 aromatic heterocycles. The molecule has 9 heteroatoms. The third kappa shape index (κ3) is 7.49. The first-order valence-corrected chi connectivity index (χ1v) is 10.3. The number of hydrogen-bond donors (Lipinski definition) is 3. The molecule has 0 fully saturated rings. The summed E-state index contributed by atoms with van der Waals surface area (Å²) in [6, 6.07) is 20.7. The molecule has 0 saturated carbocycles. The normalized spacial score (nSPS) is 10.4. The Hall–Kier alpha value is -4.66. The molecule has 0 bridgehead atoms. The standard InChI is InChI=1S/C25H24N4O5/c1-17-3-7-20(8-4-17)28-24(31)25(32)29-26-15-18-5-11-22(12-6-18)34-16-23(30)27-19-9-13-21(33-2)14-10-19/h3-15H,16H2,1-2H3,(H,27,30)(H,28,31)(H,29,32)/b26-15-. The van der Waals surface area contributed by atoms with Crippen LogP contribution in [-0.4, -0.2) is 37.7 Å².